The van der Waals surface area contributed by atoms with Gasteiger partial charge < -0.3 is 5.32 Å². The van der Waals surface area contributed by atoms with Gasteiger partial charge in [-0.25, -0.2) is 0 Å². The minimum atomic E-state index is -4.27. The zero-order chi connectivity index (χ0) is 14.8. The molecule has 0 radical (unpaired) electrons. The van der Waals surface area contributed by atoms with Crippen LogP contribution in [0.4, 0.5) is 13.2 Å². The number of alkyl halides is 3. The molecular formula is C15H22F3N. The van der Waals surface area contributed by atoms with Gasteiger partial charge in [0.1, 0.15) is 0 Å². The first-order chi connectivity index (χ1) is 8.58. The summed E-state index contributed by atoms with van der Waals surface area (Å²) in [6, 6.07) is 4.34. The topological polar surface area (TPSA) is 12.0 Å². The second kappa shape index (κ2) is 5.53. The van der Waals surface area contributed by atoms with Gasteiger partial charge in [0.15, 0.2) is 0 Å². The lowest BCUT2D eigenvalue weighted by molar-refractivity contribution is -0.137. The summed E-state index contributed by atoms with van der Waals surface area (Å²) in [6.45, 7) is 7.95. The third-order valence-electron chi connectivity index (χ3n) is 3.59. The average Bonchev–Trinajstić information content (AvgIpc) is 2.26. The first kappa shape index (κ1) is 16.0. The molecule has 108 valence electrons. The third kappa shape index (κ3) is 3.96. The summed E-state index contributed by atoms with van der Waals surface area (Å²) in [7, 11) is 1.89. The van der Waals surface area contributed by atoms with E-state index in [4.69, 9.17) is 0 Å². The van der Waals surface area contributed by atoms with Crippen LogP contribution in [0.25, 0.3) is 0 Å². The smallest absolute Gasteiger partial charge is 0.317 e. The highest BCUT2D eigenvalue weighted by atomic mass is 19.4. The van der Waals surface area contributed by atoms with Gasteiger partial charge in [0.2, 0.25) is 0 Å². The van der Waals surface area contributed by atoms with E-state index in [1.54, 1.807) is 13.0 Å². The van der Waals surface area contributed by atoms with E-state index < -0.39 is 11.7 Å². The summed E-state index contributed by atoms with van der Waals surface area (Å²) >= 11 is 0. The predicted molar refractivity (Wildman–Crippen MR) is 72.3 cm³/mol. The van der Waals surface area contributed by atoms with E-state index in [0.29, 0.717) is 11.6 Å². The van der Waals surface area contributed by atoms with E-state index in [0.717, 1.165) is 12.0 Å². The van der Waals surface area contributed by atoms with Crippen molar-refractivity contribution in [3.05, 3.63) is 34.9 Å². The number of benzene rings is 1. The van der Waals surface area contributed by atoms with Crippen LogP contribution in [0.3, 0.4) is 0 Å². The van der Waals surface area contributed by atoms with Crippen molar-refractivity contribution in [2.45, 2.75) is 51.7 Å². The van der Waals surface area contributed by atoms with Gasteiger partial charge in [-0.05, 0) is 56.0 Å². The molecule has 1 rings (SSSR count). The molecule has 0 aliphatic heterocycles. The average molecular weight is 273 g/mol. The number of rotatable bonds is 4. The van der Waals surface area contributed by atoms with E-state index >= 15 is 0 Å². The number of hydrogen-bond acceptors (Lipinski definition) is 1. The largest absolute Gasteiger partial charge is 0.416 e. The van der Waals surface area contributed by atoms with Gasteiger partial charge in [-0.1, -0.05) is 19.9 Å². The molecule has 1 aromatic rings. The molecule has 19 heavy (non-hydrogen) atoms. The van der Waals surface area contributed by atoms with Gasteiger partial charge in [0.25, 0.3) is 0 Å². The van der Waals surface area contributed by atoms with Crippen LogP contribution in [0.1, 0.15) is 43.9 Å². The lowest BCUT2D eigenvalue weighted by Gasteiger charge is -2.30. The molecule has 0 amide bonds. The van der Waals surface area contributed by atoms with Crippen LogP contribution in [0.5, 0.6) is 0 Å². The Morgan fingerprint density at radius 1 is 1.21 bits per heavy atom. The molecule has 1 nitrogen and oxygen atoms in total. The van der Waals surface area contributed by atoms with Crippen LogP contribution in [0, 0.1) is 6.92 Å². The Morgan fingerprint density at radius 2 is 1.79 bits per heavy atom. The van der Waals surface area contributed by atoms with Crippen molar-refractivity contribution in [2.24, 2.45) is 0 Å². The van der Waals surface area contributed by atoms with Crippen LogP contribution in [0.15, 0.2) is 18.2 Å². The van der Waals surface area contributed by atoms with E-state index in [9.17, 15) is 13.2 Å². The highest BCUT2D eigenvalue weighted by Crippen LogP contribution is 2.35. The second-order valence-corrected chi connectivity index (χ2v) is 5.81. The Kier molecular flexibility index (Phi) is 4.67. The molecule has 0 spiro atoms. The molecule has 1 N–H and O–H groups in total. The molecular weight excluding hydrogens is 251 g/mol. The molecule has 0 aliphatic rings. The van der Waals surface area contributed by atoms with E-state index in [1.807, 2.05) is 7.05 Å². The fourth-order valence-electron chi connectivity index (χ4n) is 2.58. The van der Waals surface area contributed by atoms with Crippen LogP contribution < -0.4 is 5.32 Å². The SMILES string of the molecule is CNC(C)CC(C)(C)c1ccc(C(F)(F)F)cc1C. The maximum absolute atomic E-state index is 12.7. The number of aryl methyl sites for hydroxylation is 1. The van der Waals surface area contributed by atoms with Crippen LogP contribution in [0.2, 0.25) is 0 Å². The van der Waals surface area contributed by atoms with Gasteiger partial charge in [0, 0.05) is 6.04 Å². The van der Waals surface area contributed by atoms with E-state index in [2.05, 4.69) is 26.1 Å². The summed E-state index contributed by atoms with van der Waals surface area (Å²) in [5, 5.41) is 3.17. The van der Waals surface area contributed by atoms with Crippen LogP contribution in [-0.4, -0.2) is 13.1 Å². The van der Waals surface area contributed by atoms with E-state index in [1.165, 1.54) is 12.1 Å². The number of halogens is 3. The Hall–Kier alpha value is -1.03. The Labute approximate surface area is 113 Å². The van der Waals surface area contributed by atoms with Gasteiger partial charge in [0.05, 0.1) is 5.56 Å². The predicted octanol–water partition coefficient (Wildman–Crippen LogP) is 4.29. The highest BCUT2D eigenvalue weighted by Gasteiger charge is 2.32. The van der Waals surface area contributed by atoms with Gasteiger partial charge in [-0.2, -0.15) is 13.2 Å². The molecule has 0 aromatic heterocycles. The highest BCUT2D eigenvalue weighted by molar-refractivity contribution is 5.37. The third-order valence-corrected chi connectivity index (χ3v) is 3.59. The van der Waals surface area contributed by atoms with Crippen molar-refractivity contribution in [3.8, 4) is 0 Å². The van der Waals surface area contributed by atoms with Crippen molar-refractivity contribution >= 4 is 0 Å². The quantitative estimate of drug-likeness (QED) is 0.863. The van der Waals surface area contributed by atoms with Gasteiger partial charge >= 0.3 is 6.18 Å². The normalized spacial score (nSPS) is 14.5. The zero-order valence-electron chi connectivity index (χ0n) is 12.2. The minimum absolute atomic E-state index is 0.156. The first-order valence-corrected chi connectivity index (χ1v) is 6.43. The van der Waals surface area contributed by atoms with Crippen molar-refractivity contribution < 1.29 is 13.2 Å². The summed E-state index contributed by atoms with van der Waals surface area (Å²) in [5.74, 6) is 0. The van der Waals surface area contributed by atoms with Crippen molar-refractivity contribution in [2.75, 3.05) is 7.05 Å². The molecule has 1 aromatic carbocycles. The standard InChI is InChI=1S/C15H22F3N/c1-10-8-12(15(16,17)18)6-7-13(10)14(3,4)9-11(2)19-5/h6-8,11,19H,9H2,1-5H3. The molecule has 1 atom stereocenters. The fraction of sp³-hybridized carbons (Fsp3) is 0.600. The molecule has 0 fully saturated rings. The molecule has 0 heterocycles. The summed E-state index contributed by atoms with van der Waals surface area (Å²) in [6.07, 6.45) is -3.40. The van der Waals surface area contributed by atoms with E-state index in [-0.39, 0.29) is 5.41 Å². The minimum Gasteiger partial charge on any atom is -0.317 e. The summed E-state index contributed by atoms with van der Waals surface area (Å²) < 4.78 is 38.0. The second-order valence-electron chi connectivity index (χ2n) is 5.81. The zero-order valence-corrected chi connectivity index (χ0v) is 12.2. The lowest BCUT2D eigenvalue weighted by atomic mass is 9.77. The fourth-order valence-corrected chi connectivity index (χ4v) is 2.58. The Bertz CT molecular complexity index is 436. The van der Waals surface area contributed by atoms with Crippen molar-refractivity contribution in [1.82, 2.24) is 5.32 Å². The number of hydrogen-bond donors (Lipinski definition) is 1. The molecule has 1 unspecified atom stereocenters. The Balaban J connectivity index is 3.08. The van der Waals surface area contributed by atoms with Crippen molar-refractivity contribution in [3.63, 3.8) is 0 Å². The summed E-state index contributed by atoms with van der Waals surface area (Å²) in [5.41, 5.74) is 0.938. The van der Waals surface area contributed by atoms with Gasteiger partial charge in [-0.15, -0.1) is 0 Å². The molecule has 0 aliphatic carbocycles. The monoisotopic (exact) mass is 273 g/mol. The number of nitrogens with one attached hydrogen (secondary N) is 1. The molecule has 0 saturated heterocycles. The maximum Gasteiger partial charge on any atom is 0.416 e. The lowest BCUT2D eigenvalue weighted by Crippen LogP contribution is -2.31. The molecule has 0 saturated carbocycles. The maximum atomic E-state index is 12.7. The van der Waals surface area contributed by atoms with Crippen LogP contribution in [-0.2, 0) is 11.6 Å². The van der Waals surface area contributed by atoms with Crippen molar-refractivity contribution in [1.29, 1.82) is 0 Å². The molecule has 4 heteroatoms. The Morgan fingerprint density at radius 3 is 2.21 bits per heavy atom. The first-order valence-electron chi connectivity index (χ1n) is 6.43. The summed E-state index contributed by atoms with van der Waals surface area (Å²) in [4.78, 5) is 0. The van der Waals surface area contributed by atoms with Crippen LogP contribution >= 0.6 is 0 Å². The van der Waals surface area contributed by atoms with Gasteiger partial charge in [-0.3, -0.25) is 0 Å². The molecule has 0 bridgehead atoms.